The average Bonchev–Trinajstić information content (AvgIpc) is 3.11. The van der Waals surface area contributed by atoms with E-state index in [9.17, 15) is 10.1 Å². The Morgan fingerprint density at radius 1 is 1.17 bits per heavy atom. The quantitative estimate of drug-likeness (QED) is 0.356. The highest BCUT2D eigenvalue weighted by atomic mass is 32.1. The zero-order valence-electron chi connectivity index (χ0n) is 17.8. The Morgan fingerprint density at radius 3 is 2.63 bits per heavy atom. The van der Waals surface area contributed by atoms with Crippen LogP contribution in [0.5, 0.6) is 5.75 Å². The van der Waals surface area contributed by atoms with Crippen molar-refractivity contribution in [2.24, 2.45) is 0 Å². The van der Waals surface area contributed by atoms with E-state index in [0.717, 1.165) is 34.1 Å². The Bertz CT molecular complexity index is 1020. The fourth-order valence-corrected chi connectivity index (χ4v) is 4.40. The summed E-state index contributed by atoms with van der Waals surface area (Å²) in [4.78, 5) is 16.7. The molecule has 0 atom stereocenters. The molecule has 0 fully saturated rings. The van der Waals surface area contributed by atoms with Crippen LogP contribution in [0.3, 0.4) is 0 Å². The summed E-state index contributed by atoms with van der Waals surface area (Å²) in [5, 5.41) is 15.2. The number of thiazole rings is 1. The van der Waals surface area contributed by atoms with E-state index >= 15 is 0 Å². The van der Waals surface area contributed by atoms with Gasteiger partial charge in [-0.05, 0) is 24.1 Å². The Balaban J connectivity index is 1.83. The van der Waals surface area contributed by atoms with Gasteiger partial charge in [-0.3, -0.25) is 10.1 Å². The van der Waals surface area contributed by atoms with Crippen molar-refractivity contribution in [2.45, 2.75) is 46.1 Å². The molecule has 0 amide bonds. The number of nitrogens with one attached hydrogen (secondary N) is 1. The van der Waals surface area contributed by atoms with Crippen molar-refractivity contribution in [3.8, 4) is 5.75 Å². The lowest BCUT2D eigenvalue weighted by atomic mass is 9.90. The predicted octanol–water partition coefficient (Wildman–Crippen LogP) is 5.95. The zero-order chi connectivity index (χ0) is 21.7. The molecule has 2 aromatic carbocycles. The smallest absolute Gasteiger partial charge is 0.269 e. The first kappa shape index (κ1) is 21.8. The number of nitrogens with zero attached hydrogens (tertiary/aromatic N) is 2. The van der Waals surface area contributed by atoms with E-state index in [0.29, 0.717) is 13.2 Å². The monoisotopic (exact) mass is 425 g/mol. The molecule has 1 aromatic heterocycles. The van der Waals surface area contributed by atoms with Crippen molar-refractivity contribution in [1.82, 2.24) is 4.98 Å². The van der Waals surface area contributed by atoms with Crippen LogP contribution >= 0.6 is 11.3 Å². The van der Waals surface area contributed by atoms with E-state index in [-0.39, 0.29) is 16.0 Å². The van der Waals surface area contributed by atoms with Crippen LogP contribution in [-0.2, 0) is 18.4 Å². The number of nitro groups is 1. The van der Waals surface area contributed by atoms with E-state index in [2.05, 4.69) is 32.2 Å². The summed E-state index contributed by atoms with van der Waals surface area (Å²) in [6.45, 7) is 9.56. The molecular formula is C23H27N3O3S. The van der Waals surface area contributed by atoms with Crippen molar-refractivity contribution < 1.29 is 9.66 Å². The molecule has 0 aliphatic heterocycles. The molecule has 0 spiro atoms. The minimum Gasteiger partial charge on any atom is -0.494 e. The Hall–Kier alpha value is -2.93. The number of non-ortho nitro benzene ring substituents is 1. The Morgan fingerprint density at radius 2 is 1.93 bits per heavy atom. The third kappa shape index (κ3) is 5.36. The molecule has 0 bridgehead atoms. The summed E-state index contributed by atoms with van der Waals surface area (Å²) >= 11 is 1.63. The largest absolute Gasteiger partial charge is 0.494 e. The second kappa shape index (κ2) is 9.26. The first-order valence-electron chi connectivity index (χ1n) is 9.96. The van der Waals surface area contributed by atoms with Gasteiger partial charge in [0.15, 0.2) is 5.13 Å². The normalized spacial score (nSPS) is 11.3. The van der Waals surface area contributed by atoms with Gasteiger partial charge in [-0.2, -0.15) is 0 Å². The summed E-state index contributed by atoms with van der Waals surface area (Å²) in [6.07, 6.45) is 0.749. The van der Waals surface area contributed by atoms with Crippen LogP contribution in [0.2, 0.25) is 0 Å². The third-order valence-corrected chi connectivity index (χ3v) is 5.61. The van der Waals surface area contributed by atoms with Crippen molar-refractivity contribution in [1.29, 1.82) is 0 Å². The van der Waals surface area contributed by atoms with E-state index in [1.165, 1.54) is 10.9 Å². The van der Waals surface area contributed by atoms with Crippen LogP contribution in [0, 0.1) is 10.1 Å². The standard InChI is InChI=1S/C23H27N3O3S/c1-5-29-19-12-7-6-10-17(19)14-20-21(23(2,3)4)25-22(30-20)24-15-16-9-8-11-18(13-16)26(27)28/h6-13H,5,14-15H2,1-4H3,(H,24,25). The molecule has 0 saturated heterocycles. The Labute approximate surface area is 181 Å². The lowest BCUT2D eigenvalue weighted by Gasteiger charge is -2.18. The molecular weight excluding hydrogens is 398 g/mol. The number of ether oxygens (including phenoxy) is 1. The van der Waals surface area contributed by atoms with E-state index in [1.54, 1.807) is 23.5 Å². The van der Waals surface area contributed by atoms with Gasteiger partial charge in [0.1, 0.15) is 5.75 Å². The number of nitro benzene ring substituents is 1. The molecule has 0 aliphatic carbocycles. The number of rotatable bonds is 8. The molecule has 30 heavy (non-hydrogen) atoms. The minimum atomic E-state index is -0.376. The van der Waals surface area contributed by atoms with Gasteiger partial charge >= 0.3 is 0 Å². The molecule has 6 nitrogen and oxygen atoms in total. The SMILES string of the molecule is CCOc1ccccc1Cc1sc(NCc2cccc([N+](=O)[O-])c2)nc1C(C)(C)C. The van der Waals surface area contributed by atoms with E-state index in [1.807, 2.05) is 31.2 Å². The summed E-state index contributed by atoms with van der Waals surface area (Å²) in [5.74, 6) is 0.902. The van der Waals surface area contributed by atoms with Gasteiger partial charge < -0.3 is 10.1 Å². The lowest BCUT2D eigenvalue weighted by molar-refractivity contribution is -0.384. The second-order valence-corrected chi connectivity index (χ2v) is 9.12. The predicted molar refractivity (Wildman–Crippen MR) is 122 cm³/mol. The molecule has 0 aliphatic rings. The van der Waals surface area contributed by atoms with Crippen molar-refractivity contribution in [3.05, 3.63) is 80.3 Å². The van der Waals surface area contributed by atoms with Gasteiger partial charge in [-0.15, -0.1) is 11.3 Å². The van der Waals surface area contributed by atoms with Gasteiger partial charge in [0, 0.05) is 35.4 Å². The number of hydrogen-bond acceptors (Lipinski definition) is 6. The van der Waals surface area contributed by atoms with Crippen LogP contribution in [0.1, 0.15) is 49.4 Å². The highest BCUT2D eigenvalue weighted by molar-refractivity contribution is 7.15. The molecule has 0 saturated carbocycles. The van der Waals surface area contributed by atoms with Crippen molar-refractivity contribution in [3.63, 3.8) is 0 Å². The molecule has 7 heteroatoms. The maximum absolute atomic E-state index is 11.0. The zero-order valence-corrected chi connectivity index (χ0v) is 18.6. The van der Waals surface area contributed by atoms with Crippen LogP contribution in [-0.4, -0.2) is 16.5 Å². The Kier molecular flexibility index (Phi) is 6.72. The molecule has 1 heterocycles. The van der Waals surface area contributed by atoms with Gasteiger partial charge in [0.25, 0.3) is 5.69 Å². The van der Waals surface area contributed by atoms with Crippen LogP contribution < -0.4 is 10.1 Å². The summed E-state index contributed by atoms with van der Waals surface area (Å²) in [5.41, 5.74) is 3.04. The van der Waals surface area contributed by atoms with E-state index in [4.69, 9.17) is 9.72 Å². The van der Waals surface area contributed by atoms with E-state index < -0.39 is 0 Å². The van der Waals surface area contributed by atoms with Gasteiger partial charge in [-0.25, -0.2) is 4.98 Å². The topological polar surface area (TPSA) is 77.3 Å². The molecule has 3 aromatic rings. The van der Waals surface area contributed by atoms with Crippen LogP contribution in [0.4, 0.5) is 10.8 Å². The first-order chi connectivity index (χ1) is 14.3. The third-order valence-electron chi connectivity index (χ3n) is 4.60. The fraction of sp³-hybridized carbons (Fsp3) is 0.348. The molecule has 158 valence electrons. The molecule has 3 rings (SSSR count). The maximum Gasteiger partial charge on any atom is 0.269 e. The average molecular weight is 426 g/mol. The molecule has 0 unspecified atom stereocenters. The number of anilines is 1. The van der Waals surface area contributed by atoms with Crippen molar-refractivity contribution >= 4 is 22.2 Å². The maximum atomic E-state index is 11.0. The second-order valence-electron chi connectivity index (χ2n) is 8.04. The molecule has 1 N–H and O–H groups in total. The van der Waals surface area contributed by atoms with Crippen LogP contribution in [0.15, 0.2) is 48.5 Å². The highest BCUT2D eigenvalue weighted by Crippen LogP contribution is 2.35. The van der Waals surface area contributed by atoms with Gasteiger partial charge in [0.2, 0.25) is 0 Å². The summed E-state index contributed by atoms with van der Waals surface area (Å²) < 4.78 is 5.79. The minimum absolute atomic E-state index is 0.0945. The number of para-hydroxylation sites is 1. The van der Waals surface area contributed by atoms with Gasteiger partial charge in [0.05, 0.1) is 17.2 Å². The fourth-order valence-electron chi connectivity index (χ4n) is 3.21. The number of hydrogen-bond donors (Lipinski definition) is 1. The summed E-state index contributed by atoms with van der Waals surface area (Å²) in [6, 6.07) is 14.8. The first-order valence-corrected chi connectivity index (χ1v) is 10.8. The number of benzene rings is 2. The number of aromatic nitrogens is 1. The lowest BCUT2D eigenvalue weighted by Crippen LogP contribution is -2.14. The summed E-state index contributed by atoms with van der Waals surface area (Å²) in [7, 11) is 0. The van der Waals surface area contributed by atoms with Crippen LogP contribution in [0.25, 0.3) is 0 Å². The molecule has 0 radical (unpaired) electrons. The highest BCUT2D eigenvalue weighted by Gasteiger charge is 2.24. The van der Waals surface area contributed by atoms with Crippen molar-refractivity contribution in [2.75, 3.05) is 11.9 Å². The van der Waals surface area contributed by atoms with Gasteiger partial charge in [-0.1, -0.05) is 51.1 Å².